The second-order valence-corrected chi connectivity index (χ2v) is 9.98. The van der Waals surface area contributed by atoms with Crippen molar-refractivity contribution in [2.75, 3.05) is 29.4 Å². The van der Waals surface area contributed by atoms with Crippen LogP contribution >= 0.6 is 0 Å². The van der Waals surface area contributed by atoms with Crippen LogP contribution in [-0.4, -0.2) is 29.4 Å². The van der Waals surface area contributed by atoms with Gasteiger partial charge in [0.15, 0.2) is 5.82 Å². The third-order valence-electron chi connectivity index (χ3n) is 7.38. The van der Waals surface area contributed by atoms with Gasteiger partial charge in [-0.3, -0.25) is 4.68 Å². The molecule has 5 heteroatoms. The maximum atomic E-state index is 9.72. The number of nitrogens with zero attached hydrogens (tertiary/aromatic N) is 5. The highest BCUT2D eigenvalue weighted by molar-refractivity contribution is 5.74. The molecule has 32 heavy (non-hydrogen) atoms. The van der Waals surface area contributed by atoms with Crippen molar-refractivity contribution in [3.8, 4) is 6.07 Å². The van der Waals surface area contributed by atoms with Gasteiger partial charge in [-0.1, -0.05) is 37.5 Å². The van der Waals surface area contributed by atoms with Gasteiger partial charge in [0.1, 0.15) is 5.82 Å². The Morgan fingerprint density at radius 3 is 2.53 bits per heavy atom. The molecular weight excluding hydrogens is 394 g/mol. The number of aryl methyl sites for hydroxylation is 4. The number of anilines is 3. The van der Waals surface area contributed by atoms with Crippen molar-refractivity contribution in [3.63, 3.8) is 0 Å². The van der Waals surface area contributed by atoms with Crippen LogP contribution in [0.25, 0.3) is 0 Å². The summed E-state index contributed by atoms with van der Waals surface area (Å²) >= 11 is 0. The summed E-state index contributed by atoms with van der Waals surface area (Å²) in [6.45, 7) is 11.9. The summed E-state index contributed by atoms with van der Waals surface area (Å²) in [5.41, 5.74) is 6.67. The van der Waals surface area contributed by atoms with E-state index in [2.05, 4.69) is 67.4 Å². The maximum Gasteiger partial charge on any atom is 0.160 e. The first-order chi connectivity index (χ1) is 15.4. The molecule has 1 aromatic carbocycles. The van der Waals surface area contributed by atoms with Crippen molar-refractivity contribution < 1.29 is 0 Å². The van der Waals surface area contributed by atoms with Crippen molar-refractivity contribution >= 4 is 17.3 Å². The van der Waals surface area contributed by atoms with Gasteiger partial charge in [-0.25, -0.2) is 0 Å². The summed E-state index contributed by atoms with van der Waals surface area (Å²) in [5.74, 6) is 3.07. The molecular formula is C27H39N5. The van der Waals surface area contributed by atoms with E-state index in [0.717, 1.165) is 51.1 Å². The quantitative estimate of drug-likeness (QED) is 0.562. The number of hydrogen-bond donors (Lipinski definition) is 0. The van der Waals surface area contributed by atoms with Crippen LogP contribution in [-0.2, 0) is 13.5 Å². The average molecular weight is 434 g/mol. The molecule has 1 aliphatic carbocycles. The van der Waals surface area contributed by atoms with Crippen LogP contribution in [0.4, 0.5) is 17.3 Å². The van der Waals surface area contributed by atoms with Gasteiger partial charge in [0.05, 0.1) is 12.0 Å². The Morgan fingerprint density at radius 1 is 1.12 bits per heavy atom. The highest BCUT2D eigenvalue weighted by Crippen LogP contribution is 2.41. The summed E-state index contributed by atoms with van der Waals surface area (Å²) in [6.07, 6.45) is 8.01. The van der Waals surface area contributed by atoms with Crippen LogP contribution in [0.2, 0.25) is 0 Å². The molecule has 172 valence electrons. The Kier molecular flexibility index (Phi) is 6.79. The lowest BCUT2D eigenvalue weighted by molar-refractivity contribution is 0.291. The lowest BCUT2D eigenvalue weighted by Gasteiger charge is -2.35. The standard InChI is InChI=1S/C27H39N5/c1-6-13-31(18-23-11-8-7-10-22(23)17-28)27-24-12-9-14-32(26(24)29-30(27)5)25-20(3)15-19(2)16-21(25)4/h15-16,22-23H,6-14,18H2,1-5H3. The zero-order valence-electron chi connectivity index (χ0n) is 20.6. The number of benzene rings is 1. The number of nitriles is 1. The van der Waals surface area contributed by atoms with Gasteiger partial charge in [0.2, 0.25) is 0 Å². The number of aromatic nitrogens is 2. The summed E-state index contributed by atoms with van der Waals surface area (Å²) in [6, 6.07) is 7.19. The maximum absolute atomic E-state index is 9.72. The van der Waals surface area contributed by atoms with Gasteiger partial charge in [-0.05, 0) is 69.9 Å². The molecule has 2 aromatic rings. The second kappa shape index (κ2) is 9.57. The molecule has 0 spiro atoms. The minimum absolute atomic E-state index is 0.196. The van der Waals surface area contributed by atoms with Crippen LogP contribution in [0.3, 0.4) is 0 Å². The Labute approximate surface area is 194 Å². The van der Waals surface area contributed by atoms with Crippen molar-refractivity contribution in [1.82, 2.24) is 9.78 Å². The second-order valence-electron chi connectivity index (χ2n) is 9.98. The van der Waals surface area contributed by atoms with Crippen molar-refractivity contribution in [3.05, 3.63) is 34.4 Å². The first kappa shape index (κ1) is 22.7. The van der Waals surface area contributed by atoms with Crippen LogP contribution in [0.1, 0.15) is 67.7 Å². The van der Waals surface area contributed by atoms with E-state index in [1.165, 1.54) is 53.0 Å². The van der Waals surface area contributed by atoms with Gasteiger partial charge in [-0.2, -0.15) is 10.4 Å². The Hall–Kier alpha value is -2.48. The number of rotatable bonds is 6. The normalized spacial score (nSPS) is 20.7. The van der Waals surface area contributed by atoms with Gasteiger partial charge >= 0.3 is 0 Å². The number of hydrogen-bond acceptors (Lipinski definition) is 4. The predicted octanol–water partition coefficient (Wildman–Crippen LogP) is 5.98. The molecule has 0 radical (unpaired) electrons. The lowest BCUT2D eigenvalue weighted by Crippen LogP contribution is -2.36. The molecule has 1 saturated carbocycles. The smallest absolute Gasteiger partial charge is 0.160 e. The summed E-state index contributed by atoms with van der Waals surface area (Å²) in [5, 5.41) is 14.8. The number of fused-ring (bicyclic) bond motifs is 1. The van der Waals surface area contributed by atoms with E-state index in [1.807, 2.05) is 0 Å². The first-order valence-electron chi connectivity index (χ1n) is 12.5. The Balaban J connectivity index is 1.71. The molecule has 0 bridgehead atoms. The molecule has 0 saturated heterocycles. The van der Waals surface area contributed by atoms with Crippen LogP contribution < -0.4 is 9.80 Å². The fraction of sp³-hybridized carbons (Fsp3) is 0.630. The third-order valence-corrected chi connectivity index (χ3v) is 7.38. The van der Waals surface area contributed by atoms with Gasteiger partial charge in [0.25, 0.3) is 0 Å². The topological polar surface area (TPSA) is 48.1 Å². The van der Waals surface area contributed by atoms with E-state index in [4.69, 9.17) is 5.10 Å². The Morgan fingerprint density at radius 2 is 1.84 bits per heavy atom. The fourth-order valence-corrected chi connectivity index (χ4v) is 6.15. The monoisotopic (exact) mass is 433 g/mol. The van der Waals surface area contributed by atoms with E-state index in [1.54, 1.807) is 0 Å². The van der Waals surface area contributed by atoms with Gasteiger partial charge in [-0.15, -0.1) is 0 Å². The molecule has 0 amide bonds. The Bertz CT molecular complexity index is 975. The fourth-order valence-electron chi connectivity index (χ4n) is 6.15. The molecule has 4 rings (SSSR count). The van der Waals surface area contributed by atoms with Crippen molar-refractivity contribution in [1.29, 1.82) is 5.26 Å². The van der Waals surface area contributed by atoms with Crippen molar-refractivity contribution in [2.24, 2.45) is 18.9 Å². The van der Waals surface area contributed by atoms with Crippen LogP contribution in [0.15, 0.2) is 12.1 Å². The molecule has 1 aliphatic heterocycles. The largest absolute Gasteiger partial charge is 0.356 e. The highest BCUT2D eigenvalue weighted by Gasteiger charge is 2.32. The van der Waals surface area contributed by atoms with Gasteiger partial charge in [0, 0.05) is 37.9 Å². The van der Waals surface area contributed by atoms with E-state index in [9.17, 15) is 5.26 Å². The molecule has 0 N–H and O–H groups in total. The lowest BCUT2D eigenvalue weighted by atomic mass is 9.79. The van der Waals surface area contributed by atoms with E-state index >= 15 is 0 Å². The molecule has 5 nitrogen and oxygen atoms in total. The average Bonchev–Trinajstić information content (AvgIpc) is 3.09. The molecule has 1 fully saturated rings. The molecule has 2 unspecified atom stereocenters. The minimum atomic E-state index is 0.196. The first-order valence-corrected chi connectivity index (χ1v) is 12.5. The summed E-state index contributed by atoms with van der Waals surface area (Å²) in [4.78, 5) is 5.00. The highest BCUT2D eigenvalue weighted by atomic mass is 15.4. The third kappa shape index (κ3) is 4.25. The molecule has 2 heterocycles. The van der Waals surface area contributed by atoms with Gasteiger partial charge < -0.3 is 9.80 Å². The summed E-state index contributed by atoms with van der Waals surface area (Å²) < 4.78 is 2.11. The van der Waals surface area contributed by atoms with E-state index in [0.29, 0.717) is 5.92 Å². The SMILES string of the molecule is CCCN(CC1CCCCC1C#N)c1c2c(nn1C)N(c1c(C)cc(C)cc1C)CCC2. The molecule has 2 aliphatic rings. The van der Waals surface area contributed by atoms with E-state index in [-0.39, 0.29) is 5.92 Å². The predicted molar refractivity (Wildman–Crippen MR) is 133 cm³/mol. The van der Waals surface area contributed by atoms with E-state index < -0.39 is 0 Å². The zero-order valence-corrected chi connectivity index (χ0v) is 20.6. The van der Waals surface area contributed by atoms with Crippen LogP contribution in [0, 0.1) is 43.9 Å². The minimum Gasteiger partial charge on any atom is -0.356 e. The molecule has 2 atom stereocenters. The van der Waals surface area contributed by atoms with Crippen molar-refractivity contribution in [2.45, 2.75) is 72.6 Å². The molecule has 1 aromatic heterocycles. The van der Waals surface area contributed by atoms with Crippen LogP contribution in [0.5, 0.6) is 0 Å². The summed E-state index contributed by atoms with van der Waals surface area (Å²) in [7, 11) is 2.10. The zero-order chi connectivity index (χ0) is 22.8.